The first-order chi connectivity index (χ1) is 16.7. The molecule has 2 aliphatic rings. The molecule has 9 nitrogen and oxygen atoms in total. The Morgan fingerprint density at radius 2 is 1.74 bits per heavy atom. The normalized spacial score (nSPS) is 10.9. The molecular weight excluding hydrogens is 472 g/mol. The molecule has 0 bridgehead atoms. The number of thiocarbonyl (C=S) groups is 1. The van der Waals surface area contributed by atoms with Crippen LogP contribution in [0.5, 0.6) is 5.75 Å². The Kier molecular flexibility index (Phi) is 6.65. The Balaban J connectivity index is 1.76. The van der Waals surface area contributed by atoms with Gasteiger partial charge >= 0.3 is 11.9 Å². The second-order valence-electron chi connectivity index (χ2n) is 7.76. The Morgan fingerprint density at radius 1 is 0.971 bits per heavy atom. The van der Waals surface area contributed by atoms with Crippen LogP contribution in [0.1, 0.15) is 23.2 Å². The van der Waals surface area contributed by atoms with E-state index in [0.717, 1.165) is 0 Å². The number of anilines is 1. The van der Waals surface area contributed by atoms with E-state index in [1.807, 2.05) is 0 Å². The van der Waals surface area contributed by atoms with Gasteiger partial charge in [0.2, 0.25) is 0 Å². The number of aromatic carboxylic acids is 1. The van der Waals surface area contributed by atoms with E-state index in [1.165, 1.54) is 30.3 Å². The minimum absolute atomic E-state index is 0.00432. The van der Waals surface area contributed by atoms with Crippen molar-refractivity contribution in [3.63, 3.8) is 0 Å². The van der Waals surface area contributed by atoms with Crippen molar-refractivity contribution in [2.75, 3.05) is 11.9 Å². The van der Waals surface area contributed by atoms with Crippen LogP contribution in [-0.4, -0.2) is 38.9 Å². The van der Waals surface area contributed by atoms with Gasteiger partial charge in [0.05, 0.1) is 5.56 Å². The van der Waals surface area contributed by atoms with Gasteiger partial charge in [-0.25, -0.2) is 4.79 Å². The predicted octanol–water partition coefficient (Wildman–Crippen LogP) is 4.12. The highest BCUT2D eigenvalue weighted by Gasteiger charge is 2.22. The van der Waals surface area contributed by atoms with Crippen molar-refractivity contribution in [2.24, 2.45) is 0 Å². The van der Waals surface area contributed by atoms with Crippen LogP contribution < -0.4 is 16.1 Å². The van der Waals surface area contributed by atoms with E-state index in [4.69, 9.17) is 21.7 Å². The number of nitrogens with one attached hydrogen (secondary N) is 2. The van der Waals surface area contributed by atoms with Crippen LogP contribution in [0.25, 0.3) is 33.4 Å². The fourth-order valence-corrected chi connectivity index (χ4v) is 4.00. The quantitative estimate of drug-likeness (QED) is 0.145. The third-order valence-electron chi connectivity index (χ3n) is 5.31. The molecule has 0 aromatic heterocycles. The molecule has 1 aliphatic carbocycles. The SMILES string of the molecule is O=C(O)CCCNC(=S)Nc1ccc(-c2c3ccc(=O)cc-3oc3cc(O)ccc23)c(C(=O)O)c1. The van der Waals surface area contributed by atoms with Gasteiger partial charge in [-0.15, -0.1) is 0 Å². The van der Waals surface area contributed by atoms with Crippen LogP contribution >= 0.6 is 12.2 Å². The summed E-state index contributed by atoms with van der Waals surface area (Å²) in [6, 6.07) is 13.5. The zero-order valence-corrected chi connectivity index (χ0v) is 19.0. The number of carbonyl (C=O) groups is 2. The average Bonchev–Trinajstić information content (AvgIpc) is 2.80. The van der Waals surface area contributed by atoms with Gasteiger partial charge in [-0.1, -0.05) is 6.07 Å². The Bertz CT molecular complexity index is 1500. The fraction of sp³-hybridized carbons (Fsp3) is 0.120. The number of phenolic OH excluding ortho intramolecular Hbond substituents is 1. The van der Waals surface area contributed by atoms with E-state index >= 15 is 0 Å². The van der Waals surface area contributed by atoms with Crippen LogP contribution in [0.4, 0.5) is 5.69 Å². The van der Waals surface area contributed by atoms with Gasteiger partial charge in [0.25, 0.3) is 0 Å². The maximum Gasteiger partial charge on any atom is 0.336 e. The highest BCUT2D eigenvalue weighted by atomic mass is 32.1. The van der Waals surface area contributed by atoms with E-state index in [1.54, 1.807) is 24.3 Å². The summed E-state index contributed by atoms with van der Waals surface area (Å²) in [5.74, 6) is -1.85. The maximum atomic E-state index is 12.2. The Labute approximate surface area is 204 Å². The molecule has 0 amide bonds. The lowest BCUT2D eigenvalue weighted by Crippen LogP contribution is -2.29. The summed E-state index contributed by atoms with van der Waals surface area (Å²) in [5, 5.41) is 35.2. The summed E-state index contributed by atoms with van der Waals surface area (Å²) in [4.78, 5) is 34.8. The summed E-state index contributed by atoms with van der Waals surface area (Å²) in [7, 11) is 0. The number of carboxylic acids is 2. The van der Waals surface area contributed by atoms with Crippen molar-refractivity contribution in [3.8, 4) is 28.2 Å². The smallest absolute Gasteiger partial charge is 0.336 e. The minimum Gasteiger partial charge on any atom is -0.508 e. The highest BCUT2D eigenvalue weighted by molar-refractivity contribution is 7.80. The second kappa shape index (κ2) is 9.82. The third-order valence-corrected chi connectivity index (χ3v) is 5.55. The number of carboxylic acid groups (broad SMARTS) is 2. The first kappa shape index (κ1) is 23.7. The molecule has 4 rings (SSSR count). The van der Waals surface area contributed by atoms with Gasteiger partial charge in [0, 0.05) is 47.3 Å². The van der Waals surface area contributed by atoms with Crippen molar-refractivity contribution in [1.29, 1.82) is 0 Å². The van der Waals surface area contributed by atoms with Crippen LogP contribution in [0.2, 0.25) is 0 Å². The van der Waals surface area contributed by atoms with Gasteiger partial charge < -0.3 is 30.4 Å². The Morgan fingerprint density at radius 3 is 2.49 bits per heavy atom. The lowest BCUT2D eigenvalue weighted by molar-refractivity contribution is -0.137. The molecule has 178 valence electrons. The monoisotopic (exact) mass is 492 g/mol. The number of benzene rings is 3. The molecular formula is C25H20N2O7S. The minimum atomic E-state index is -1.18. The number of hydrogen-bond acceptors (Lipinski definition) is 6. The van der Waals surface area contributed by atoms with Crippen molar-refractivity contribution in [3.05, 3.63) is 70.4 Å². The summed E-state index contributed by atoms with van der Waals surface area (Å²) in [6.45, 7) is 0.349. The molecule has 0 atom stereocenters. The van der Waals surface area contributed by atoms with Gasteiger partial charge in [-0.05, 0) is 60.6 Å². The van der Waals surface area contributed by atoms with Crippen molar-refractivity contribution >= 4 is 45.9 Å². The number of phenols is 1. The van der Waals surface area contributed by atoms with Crippen molar-refractivity contribution in [2.45, 2.75) is 12.8 Å². The van der Waals surface area contributed by atoms with E-state index in [-0.39, 0.29) is 34.0 Å². The molecule has 0 saturated heterocycles. The molecule has 2 aromatic rings. The molecule has 10 heteroatoms. The number of rotatable bonds is 7. The Hall–Kier alpha value is -4.44. The molecule has 1 aliphatic heterocycles. The van der Waals surface area contributed by atoms with E-state index in [9.17, 15) is 24.6 Å². The summed E-state index contributed by atoms with van der Waals surface area (Å²) >= 11 is 5.22. The lowest BCUT2D eigenvalue weighted by Gasteiger charge is -2.18. The van der Waals surface area contributed by atoms with E-state index < -0.39 is 11.9 Å². The number of aliphatic carboxylic acids is 1. The lowest BCUT2D eigenvalue weighted by atomic mass is 9.90. The van der Waals surface area contributed by atoms with Gasteiger partial charge in [-0.3, -0.25) is 9.59 Å². The fourth-order valence-electron chi connectivity index (χ4n) is 3.78. The van der Waals surface area contributed by atoms with Crippen LogP contribution in [0, 0.1) is 0 Å². The van der Waals surface area contributed by atoms with Gasteiger partial charge in [0.15, 0.2) is 10.5 Å². The standard InChI is InChI=1S/C25H20N2O7S/c28-14-4-7-17-20(11-14)34-21-12-15(29)5-8-18(21)23(17)16-6-3-13(10-19(16)24(32)33)27-25(35)26-9-1-2-22(30)31/h3-8,10-12,28H,1-2,9H2,(H,30,31)(H,32,33)(H2,26,27,35). The molecule has 0 fully saturated rings. The van der Waals surface area contributed by atoms with Crippen molar-refractivity contribution < 1.29 is 29.3 Å². The summed E-state index contributed by atoms with van der Waals surface area (Å²) in [5.41, 5.74) is 1.91. The van der Waals surface area contributed by atoms with E-state index in [0.29, 0.717) is 46.3 Å². The van der Waals surface area contributed by atoms with Crippen LogP contribution in [0.15, 0.2) is 63.8 Å². The topological polar surface area (TPSA) is 149 Å². The maximum absolute atomic E-state index is 12.2. The largest absolute Gasteiger partial charge is 0.508 e. The highest BCUT2D eigenvalue weighted by Crippen LogP contribution is 2.42. The van der Waals surface area contributed by atoms with Gasteiger partial charge in [0.1, 0.15) is 17.1 Å². The number of fused-ring (bicyclic) bond motifs is 2. The van der Waals surface area contributed by atoms with E-state index in [2.05, 4.69) is 10.6 Å². The summed E-state index contributed by atoms with van der Waals surface area (Å²) < 4.78 is 5.83. The predicted molar refractivity (Wildman–Crippen MR) is 134 cm³/mol. The second-order valence-corrected chi connectivity index (χ2v) is 8.17. The molecule has 0 saturated carbocycles. The zero-order chi connectivity index (χ0) is 25.1. The van der Waals surface area contributed by atoms with Gasteiger partial charge in [-0.2, -0.15) is 0 Å². The first-order valence-corrected chi connectivity index (χ1v) is 11.0. The first-order valence-electron chi connectivity index (χ1n) is 10.6. The van der Waals surface area contributed by atoms with Crippen molar-refractivity contribution in [1.82, 2.24) is 5.32 Å². The molecule has 1 heterocycles. The molecule has 35 heavy (non-hydrogen) atoms. The zero-order valence-electron chi connectivity index (χ0n) is 18.2. The third kappa shape index (κ3) is 5.22. The molecule has 2 aromatic carbocycles. The summed E-state index contributed by atoms with van der Waals surface area (Å²) in [6.07, 6.45) is 0.390. The average molecular weight is 493 g/mol. The molecule has 0 unspecified atom stereocenters. The molecule has 5 N–H and O–H groups in total. The van der Waals surface area contributed by atoms with Crippen LogP contribution in [-0.2, 0) is 4.79 Å². The molecule has 0 radical (unpaired) electrons. The molecule has 0 spiro atoms. The van der Waals surface area contributed by atoms with Crippen LogP contribution in [0.3, 0.4) is 0 Å². The number of aromatic hydroxyl groups is 1. The number of hydrogen-bond donors (Lipinski definition) is 5.